The van der Waals surface area contributed by atoms with Gasteiger partial charge in [-0.3, -0.25) is 4.79 Å². The lowest BCUT2D eigenvalue weighted by molar-refractivity contribution is -0.172. The average Bonchev–Trinajstić information content (AvgIpc) is 2.57. The van der Waals surface area contributed by atoms with E-state index in [1.807, 2.05) is 0 Å². The van der Waals surface area contributed by atoms with E-state index in [9.17, 15) is 9.90 Å². The Bertz CT molecular complexity index is 610. The van der Waals surface area contributed by atoms with Crippen LogP contribution in [0.4, 0.5) is 0 Å². The summed E-state index contributed by atoms with van der Waals surface area (Å²) in [6.07, 6.45) is 2.57. The molecule has 1 saturated carbocycles. The molecule has 0 amide bonds. The number of hydrogen-bond acceptors (Lipinski definition) is 5. The van der Waals surface area contributed by atoms with Gasteiger partial charge in [0.1, 0.15) is 6.10 Å². The second-order valence-electron chi connectivity index (χ2n) is 9.45. The van der Waals surface area contributed by atoms with Crippen LogP contribution in [0, 0.1) is 17.3 Å². The minimum absolute atomic E-state index is 0.0283. The standard InChI is InChI=1S/C22H36O5/c1-13-7-8-22(24)11-14(2)16-12-27-18(16)10-15(25-5)9-17(23)20(26-6)19(13)21(22,3)4/h14-16,18,20,24H,7-12H2,1-6H3/t14?,15-,16+,18?,20+,22-/m1/s1. The third-order valence-electron chi connectivity index (χ3n) is 7.63. The summed E-state index contributed by atoms with van der Waals surface area (Å²) in [4.78, 5) is 13.2. The van der Waals surface area contributed by atoms with E-state index in [0.717, 1.165) is 25.0 Å². The summed E-state index contributed by atoms with van der Waals surface area (Å²) in [5, 5.41) is 11.8. The number of allylic oxidation sites excluding steroid dienone is 1. The molecule has 2 bridgehead atoms. The molecule has 3 rings (SSSR count). The molecule has 0 spiro atoms. The molecule has 5 heteroatoms. The zero-order valence-corrected chi connectivity index (χ0v) is 17.7. The van der Waals surface area contributed by atoms with Gasteiger partial charge in [-0.05, 0) is 37.7 Å². The average molecular weight is 381 g/mol. The monoisotopic (exact) mass is 380 g/mol. The molecule has 0 radical (unpaired) electrons. The highest BCUT2D eigenvalue weighted by molar-refractivity contribution is 5.87. The van der Waals surface area contributed by atoms with E-state index in [2.05, 4.69) is 27.7 Å². The molecule has 2 fully saturated rings. The number of rotatable bonds is 2. The number of carbonyl (C=O) groups excluding carboxylic acids is 1. The van der Waals surface area contributed by atoms with Gasteiger partial charge in [-0.2, -0.15) is 0 Å². The number of Topliss-reactive ketones (excluding diaryl/α,β-unsaturated/α-hetero) is 1. The second-order valence-corrected chi connectivity index (χ2v) is 9.45. The lowest BCUT2D eigenvalue weighted by atomic mass is 9.57. The van der Waals surface area contributed by atoms with Crippen LogP contribution in [-0.4, -0.2) is 55.6 Å². The molecule has 3 aliphatic rings. The van der Waals surface area contributed by atoms with E-state index < -0.39 is 17.1 Å². The predicted octanol–water partition coefficient (Wildman–Crippen LogP) is 3.29. The Morgan fingerprint density at radius 3 is 2.48 bits per heavy atom. The molecule has 0 aromatic heterocycles. The molecule has 6 atom stereocenters. The van der Waals surface area contributed by atoms with Crippen LogP contribution < -0.4 is 0 Å². The summed E-state index contributed by atoms with van der Waals surface area (Å²) in [7, 11) is 3.25. The van der Waals surface area contributed by atoms with Gasteiger partial charge in [-0.1, -0.05) is 26.3 Å². The Labute approximate surface area is 163 Å². The molecular weight excluding hydrogens is 344 g/mol. The van der Waals surface area contributed by atoms with Crippen molar-refractivity contribution >= 4 is 5.78 Å². The number of methoxy groups -OCH3 is 2. The van der Waals surface area contributed by atoms with Crippen molar-refractivity contribution in [2.24, 2.45) is 17.3 Å². The van der Waals surface area contributed by atoms with Gasteiger partial charge in [-0.15, -0.1) is 0 Å². The Morgan fingerprint density at radius 1 is 1.22 bits per heavy atom. The van der Waals surface area contributed by atoms with Crippen LogP contribution in [0.1, 0.15) is 59.8 Å². The number of hydrogen-bond donors (Lipinski definition) is 1. The van der Waals surface area contributed by atoms with E-state index in [1.165, 1.54) is 5.57 Å². The van der Waals surface area contributed by atoms with Crippen LogP contribution in [0.15, 0.2) is 11.1 Å². The van der Waals surface area contributed by atoms with Crippen LogP contribution in [0.25, 0.3) is 0 Å². The summed E-state index contributed by atoms with van der Waals surface area (Å²) in [5.41, 5.74) is 0.765. The summed E-state index contributed by atoms with van der Waals surface area (Å²) >= 11 is 0. The summed E-state index contributed by atoms with van der Waals surface area (Å²) < 4.78 is 17.2. The van der Waals surface area contributed by atoms with E-state index in [1.54, 1.807) is 14.2 Å². The molecule has 154 valence electrons. The Balaban J connectivity index is 2.05. The van der Waals surface area contributed by atoms with Crippen molar-refractivity contribution in [2.45, 2.75) is 83.7 Å². The first-order chi connectivity index (χ1) is 12.6. The van der Waals surface area contributed by atoms with Crippen LogP contribution in [0.5, 0.6) is 0 Å². The summed E-state index contributed by atoms with van der Waals surface area (Å²) in [6, 6.07) is 0. The molecular formula is C22H36O5. The van der Waals surface area contributed by atoms with Crippen molar-refractivity contribution < 1.29 is 24.1 Å². The molecule has 1 saturated heterocycles. The first kappa shape index (κ1) is 21.0. The van der Waals surface area contributed by atoms with Gasteiger partial charge in [-0.25, -0.2) is 0 Å². The maximum Gasteiger partial charge on any atom is 0.168 e. The fraction of sp³-hybridized carbons (Fsp3) is 0.864. The molecule has 2 unspecified atom stereocenters. The van der Waals surface area contributed by atoms with E-state index >= 15 is 0 Å². The largest absolute Gasteiger partial charge is 0.389 e. The first-order valence-electron chi connectivity index (χ1n) is 10.3. The predicted molar refractivity (Wildman–Crippen MR) is 104 cm³/mol. The summed E-state index contributed by atoms with van der Waals surface area (Å²) in [5.74, 6) is 0.785. The molecule has 27 heavy (non-hydrogen) atoms. The molecule has 2 aliphatic carbocycles. The number of ether oxygens (including phenoxy) is 3. The highest BCUT2D eigenvalue weighted by atomic mass is 16.5. The van der Waals surface area contributed by atoms with E-state index in [4.69, 9.17) is 14.2 Å². The molecule has 0 aromatic carbocycles. The van der Waals surface area contributed by atoms with E-state index in [-0.39, 0.29) is 18.0 Å². The molecule has 5 nitrogen and oxygen atoms in total. The summed E-state index contributed by atoms with van der Waals surface area (Å²) in [6.45, 7) is 9.19. The zero-order valence-electron chi connectivity index (χ0n) is 17.7. The van der Waals surface area contributed by atoms with Gasteiger partial charge in [0.25, 0.3) is 0 Å². The highest BCUT2D eigenvalue weighted by Crippen LogP contribution is 2.53. The molecule has 1 aliphatic heterocycles. The number of carbonyl (C=O) groups is 1. The van der Waals surface area contributed by atoms with Gasteiger partial charge in [0.15, 0.2) is 5.78 Å². The normalized spacial score (nSPS) is 42.6. The van der Waals surface area contributed by atoms with Crippen molar-refractivity contribution in [3.8, 4) is 0 Å². The quantitative estimate of drug-likeness (QED) is 0.745. The molecule has 0 aromatic rings. The van der Waals surface area contributed by atoms with Crippen LogP contribution >= 0.6 is 0 Å². The zero-order chi connectivity index (χ0) is 20.0. The first-order valence-corrected chi connectivity index (χ1v) is 10.3. The third kappa shape index (κ3) is 3.52. The smallest absolute Gasteiger partial charge is 0.168 e. The molecule has 1 N–H and O–H groups in total. The van der Waals surface area contributed by atoms with Gasteiger partial charge in [0, 0.05) is 38.4 Å². The van der Waals surface area contributed by atoms with Crippen molar-refractivity contribution in [2.75, 3.05) is 20.8 Å². The van der Waals surface area contributed by atoms with E-state index in [0.29, 0.717) is 31.1 Å². The van der Waals surface area contributed by atoms with Crippen molar-refractivity contribution in [3.05, 3.63) is 11.1 Å². The van der Waals surface area contributed by atoms with Gasteiger partial charge >= 0.3 is 0 Å². The minimum Gasteiger partial charge on any atom is -0.389 e. The maximum absolute atomic E-state index is 13.2. The highest BCUT2D eigenvalue weighted by Gasteiger charge is 2.54. The Hall–Kier alpha value is -0.750. The number of fused-ring (bicyclic) bond motifs is 3. The second kappa shape index (κ2) is 7.58. The number of ketones is 1. The van der Waals surface area contributed by atoms with Crippen LogP contribution in [-0.2, 0) is 19.0 Å². The maximum atomic E-state index is 13.2. The fourth-order valence-corrected chi connectivity index (χ4v) is 5.60. The van der Waals surface area contributed by atoms with Gasteiger partial charge < -0.3 is 19.3 Å². The van der Waals surface area contributed by atoms with Crippen molar-refractivity contribution in [1.29, 1.82) is 0 Å². The lowest BCUT2D eigenvalue weighted by Gasteiger charge is -2.53. The van der Waals surface area contributed by atoms with Crippen LogP contribution in [0.3, 0.4) is 0 Å². The van der Waals surface area contributed by atoms with Crippen molar-refractivity contribution in [1.82, 2.24) is 0 Å². The number of aliphatic hydroxyl groups is 1. The Kier molecular flexibility index (Phi) is 5.89. The van der Waals surface area contributed by atoms with Gasteiger partial charge in [0.2, 0.25) is 0 Å². The van der Waals surface area contributed by atoms with Crippen LogP contribution in [0.2, 0.25) is 0 Å². The molecule has 1 heterocycles. The van der Waals surface area contributed by atoms with Crippen molar-refractivity contribution in [3.63, 3.8) is 0 Å². The SMILES string of the molecule is CO[C@@H]1CC(=O)[C@H](OC)C2=C(C)CC[C@@](O)(CC(C)[C@@H]3COC3C1)C2(C)C. The minimum atomic E-state index is -0.849. The van der Waals surface area contributed by atoms with Gasteiger partial charge in [0.05, 0.1) is 24.4 Å². The Morgan fingerprint density at radius 2 is 1.93 bits per heavy atom. The topological polar surface area (TPSA) is 65.0 Å². The fourth-order valence-electron chi connectivity index (χ4n) is 5.60. The third-order valence-corrected chi connectivity index (χ3v) is 7.63. The lowest BCUT2D eigenvalue weighted by Crippen LogP contribution is -2.56.